The molecule has 0 aliphatic carbocycles. The van der Waals surface area contributed by atoms with Gasteiger partial charge in [-0.05, 0) is 42.2 Å². The molecule has 0 atom stereocenters. The van der Waals surface area contributed by atoms with Crippen molar-refractivity contribution in [2.45, 2.75) is 33.7 Å². The summed E-state index contributed by atoms with van der Waals surface area (Å²) < 4.78 is 22.2. The van der Waals surface area contributed by atoms with Gasteiger partial charge in [-0.25, -0.2) is 9.18 Å². The van der Waals surface area contributed by atoms with Crippen molar-refractivity contribution in [1.29, 1.82) is 0 Å². The first-order valence-corrected chi connectivity index (χ1v) is 12.4. The average Bonchev–Trinajstić information content (AvgIpc) is 2.83. The smallest absolute Gasteiger partial charge is 0.341 e. The highest BCUT2D eigenvalue weighted by Crippen LogP contribution is 2.30. The standard InChI is InChI=1S/C27H32ClFN2O5/c1-4-30(9-11-36-16-17(2)3)23-14-24-20(26(33)21(27(34)35)15-31(24)8-10-32)13-19(23)12-18-6-5-7-22(28)25(18)29/h5-7,13-15,17,32H,4,8-12,16H2,1-3H3,(H,34,35). The first-order chi connectivity index (χ1) is 17.2. The van der Waals surface area contributed by atoms with Crippen LogP contribution in [0, 0.1) is 11.7 Å². The highest BCUT2D eigenvalue weighted by Gasteiger charge is 2.20. The highest BCUT2D eigenvalue weighted by molar-refractivity contribution is 6.30. The molecule has 0 aliphatic rings. The van der Waals surface area contributed by atoms with Crippen LogP contribution in [0.3, 0.4) is 0 Å². The average molecular weight is 519 g/mol. The van der Waals surface area contributed by atoms with Gasteiger partial charge in [0.05, 0.1) is 23.8 Å². The molecule has 0 bridgehead atoms. The van der Waals surface area contributed by atoms with Crippen LogP contribution < -0.4 is 10.3 Å². The largest absolute Gasteiger partial charge is 0.477 e. The number of aliphatic hydroxyl groups excluding tert-OH is 1. The molecule has 2 aromatic carbocycles. The molecule has 0 saturated heterocycles. The monoisotopic (exact) mass is 518 g/mol. The van der Waals surface area contributed by atoms with Crippen LogP contribution >= 0.6 is 11.6 Å². The first-order valence-electron chi connectivity index (χ1n) is 12.0. The lowest BCUT2D eigenvalue weighted by Gasteiger charge is -2.27. The summed E-state index contributed by atoms with van der Waals surface area (Å²) in [7, 11) is 0. The lowest BCUT2D eigenvalue weighted by atomic mass is 9.98. The van der Waals surface area contributed by atoms with Gasteiger partial charge in [-0.2, -0.15) is 0 Å². The molecule has 9 heteroatoms. The molecule has 36 heavy (non-hydrogen) atoms. The van der Waals surface area contributed by atoms with Gasteiger partial charge in [0, 0.05) is 49.9 Å². The summed E-state index contributed by atoms with van der Waals surface area (Å²) in [4.78, 5) is 26.9. The zero-order chi connectivity index (χ0) is 26.4. The van der Waals surface area contributed by atoms with Crippen LogP contribution in [0.15, 0.2) is 41.3 Å². The van der Waals surface area contributed by atoms with E-state index in [4.69, 9.17) is 16.3 Å². The summed E-state index contributed by atoms with van der Waals surface area (Å²) >= 11 is 6.01. The summed E-state index contributed by atoms with van der Waals surface area (Å²) in [5, 5.41) is 19.3. The normalized spacial score (nSPS) is 11.4. The Bertz CT molecular complexity index is 1290. The number of pyridine rings is 1. The molecule has 2 N–H and O–H groups in total. The zero-order valence-electron chi connectivity index (χ0n) is 20.8. The summed E-state index contributed by atoms with van der Waals surface area (Å²) in [5.74, 6) is -1.48. The molecule has 194 valence electrons. The van der Waals surface area contributed by atoms with Gasteiger partial charge < -0.3 is 24.4 Å². The van der Waals surface area contributed by atoms with E-state index in [1.54, 1.807) is 22.8 Å². The van der Waals surface area contributed by atoms with E-state index in [0.717, 1.165) is 5.69 Å². The molecule has 0 unspecified atom stereocenters. The topological polar surface area (TPSA) is 92.0 Å². The highest BCUT2D eigenvalue weighted by atomic mass is 35.5. The van der Waals surface area contributed by atoms with E-state index in [-0.39, 0.29) is 30.0 Å². The van der Waals surface area contributed by atoms with E-state index in [1.807, 2.05) is 13.0 Å². The number of rotatable bonds is 12. The Kier molecular flexibility index (Phi) is 9.48. The number of aromatic nitrogens is 1. The van der Waals surface area contributed by atoms with Crippen molar-refractivity contribution < 1.29 is 24.1 Å². The number of carbonyl (C=O) groups is 1. The van der Waals surface area contributed by atoms with E-state index < -0.39 is 22.8 Å². The van der Waals surface area contributed by atoms with Crippen LogP contribution in [-0.2, 0) is 17.7 Å². The van der Waals surface area contributed by atoms with Crippen molar-refractivity contribution in [3.63, 3.8) is 0 Å². The zero-order valence-corrected chi connectivity index (χ0v) is 21.5. The molecule has 0 aliphatic heterocycles. The van der Waals surface area contributed by atoms with Gasteiger partial charge in [0.2, 0.25) is 5.43 Å². The Hall–Kier alpha value is -2.94. The van der Waals surface area contributed by atoms with Crippen LogP contribution in [0.25, 0.3) is 10.9 Å². The SMILES string of the molecule is CCN(CCOCC(C)C)c1cc2c(cc1Cc1cccc(Cl)c1F)c(=O)c(C(=O)O)cn2CCO. The number of ether oxygens (including phenoxy) is 1. The fraction of sp³-hybridized carbons (Fsp3) is 0.407. The number of carboxylic acids is 1. The third-order valence-corrected chi connectivity index (χ3v) is 6.24. The van der Waals surface area contributed by atoms with E-state index in [1.165, 1.54) is 12.3 Å². The van der Waals surface area contributed by atoms with Crippen molar-refractivity contribution in [2.75, 3.05) is 37.8 Å². The Morgan fingerprint density at radius 1 is 1.25 bits per heavy atom. The van der Waals surface area contributed by atoms with Crippen LogP contribution in [0.4, 0.5) is 10.1 Å². The molecule has 0 fully saturated rings. The number of anilines is 1. The minimum Gasteiger partial charge on any atom is -0.477 e. The van der Waals surface area contributed by atoms with E-state index in [2.05, 4.69) is 18.7 Å². The molecule has 7 nitrogen and oxygen atoms in total. The van der Waals surface area contributed by atoms with Gasteiger partial charge in [-0.1, -0.05) is 37.6 Å². The number of carboxylic acid groups (broad SMARTS) is 1. The number of nitrogens with zero attached hydrogens (tertiary/aromatic N) is 2. The summed E-state index contributed by atoms with van der Waals surface area (Å²) in [6.07, 6.45) is 1.41. The van der Waals surface area contributed by atoms with Gasteiger partial charge in [0.1, 0.15) is 11.4 Å². The van der Waals surface area contributed by atoms with Crippen LogP contribution in [0.5, 0.6) is 0 Å². The van der Waals surface area contributed by atoms with E-state index in [9.17, 15) is 24.2 Å². The lowest BCUT2D eigenvalue weighted by Crippen LogP contribution is -2.29. The Morgan fingerprint density at radius 2 is 2.00 bits per heavy atom. The van der Waals surface area contributed by atoms with Crippen LogP contribution in [0.2, 0.25) is 5.02 Å². The molecule has 0 radical (unpaired) electrons. The fourth-order valence-electron chi connectivity index (χ4n) is 4.18. The Balaban J connectivity index is 2.20. The molecule has 0 amide bonds. The Labute approximate surface area is 214 Å². The third-order valence-electron chi connectivity index (χ3n) is 5.94. The summed E-state index contributed by atoms with van der Waals surface area (Å²) in [5.41, 5.74) is 1.26. The maximum Gasteiger partial charge on any atom is 0.341 e. The number of halogens is 2. The van der Waals surface area contributed by atoms with Gasteiger partial charge in [0.15, 0.2) is 0 Å². The summed E-state index contributed by atoms with van der Waals surface area (Å²) in [6, 6.07) is 8.20. The van der Waals surface area contributed by atoms with Gasteiger partial charge in [-0.3, -0.25) is 4.79 Å². The minimum atomic E-state index is -1.35. The first kappa shape index (κ1) is 27.6. The predicted octanol–water partition coefficient (Wildman–Crippen LogP) is 4.57. The lowest BCUT2D eigenvalue weighted by molar-refractivity contribution is 0.0694. The van der Waals surface area contributed by atoms with Gasteiger partial charge >= 0.3 is 5.97 Å². The van der Waals surface area contributed by atoms with Gasteiger partial charge in [0.25, 0.3) is 0 Å². The molecule has 1 heterocycles. The van der Waals surface area contributed by atoms with Crippen molar-refractivity contribution in [1.82, 2.24) is 4.57 Å². The number of fused-ring (bicyclic) bond motifs is 1. The molecular weight excluding hydrogens is 487 g/mol. The number of hydrogen-bond acceptors (Lipinski definition) is 5. The molecule has 0 saturated carbocycles. The molecule has 1 aromatic heterocycles. The molecule has 3 rings (SSSR count). The third kappa shape index (κ3) is 6.24. The van der Waals surface area contributed by atoms with Crippen LogP contribution in [-0.4, -0.2) is 53.7 Å². The summed E-state index contributed by atoms with van der Waals surface area (Å²) in [6.45, 7) is 8.32. The molecule has 0 spiro atoms. The van der Waals surface area contributed by atoms with E-state index >= 15 is 0 Å². The Morgan fingerprint density at radius 3 is 2.64 bits per heavy atom. The number of benzene rings is 2. The predicted molar refractivity (Wildman–Crippen MR) is 140 cm³/mol. The van der Waals surface area contributed by atoms with Crippen molar-refractivity contribution in [2.24, 2.45) is 5.92 Å². The van der Waals surface area contributed by atoms with Crippen molar-refractivity contribution in [3.05, 3.63) is 74.3 Å². The van der Waals surface area contributed by atoms with Crippen molar-refractivity contribution >= 4 is 34.2 Å². The second-order valence-corrected chi connectivity index (χ2v) is 9.44. The van der Waals surface area contributed by atoms with E-state index in [0.29, 0.717) is 48.9 Å². The second kappa shape index (κ2) is 12.3. The number of aromatic carboxylic acids is 1. The maximum atomic E-state index is 14.8. The van der Waals surface area contributed by atoms with Crippen LogP contribution in [0.1, 0.15) is 42.3 Å². The fourth-order valence-corrected chi connectivity index (χ4v) is 4.38. The second-order valence-electron chi connectivity index (χ2n) is 9.03. The van der Waals surface area contributed by atoms with Crippen molar-refractivity contribution in [3.8, 4) is 0 Å². The molecule has 3 aromatic rings. The quantitative estimate of drug-likeness (QED) is 0.341. The number of likely N-dealkylation sites (N-methyl/N-ethyl adjacent to an activating group) is 1. The van der Waals surface area contributed by atoms with Gasteiger partial charge in [-0.15, -0.1) is 0 Å². The number of aliphatic hydroxyl groups is 1. The maximum absolute atomic E-state index is 14.8. The minimum absolute atomic E-state index is 0.00253. The molecular formula is C27H32ClFN2O5. The number of hydrogen-bond donors (Lipinski definition) is 2.